The van der Waals surface area contributed by atoms with E-state index in [1.165, 1.54) is 7.11 Å². The van der Waals surface area contributed by atoms with Crippen LogP contribution in [0.25, 0.3) is 6.08 Å². The summed E-state index contributed by atoms with van der Waals surface area (Å²) in [6.07, 6.45) is 1.64. The summed E-state index contributed by atoms with van der Waals surface area (Å²) >= 11 is 6.22. The van der Waals surface area contributed by atoms with Gasteiger partial charge in [0.1, 0.15) is 24.0 Å². The third-order valence-electron chi connectivity index (χ3n) is 6.16. The molecular formula is C30H25ClN2O5. The first-order valence-electron chi connectivity index (χ1n) is 11.7. The molecule has 1 aliphatic heterocycles. The highest BCUT2D eigenvalue weighted by Gasteiger charge is 2.35. The number of carbonyl (C=O) groups is 2. The van der Waals surface area contributed by atoms with E-state index in [4.69, 9.17) is 25.8 Å². The van der Waals surface area contributed by atoms with E-state index >= 15 is 0 Å². The number of nitrogens with zero attached hydrogens (tertiary/aromatic N) is 2. The summed E-state index contributed by atoms with van der Waals surface area (Å²) in [7, 11) is 3.08. The maximum atomic E-state index is 13.5. The molecule has 0 aromatic heterocycles. The molecule has 0 fully saturated rings. The van der Waals surface area contributed by atoms with Gasteiger partial charge in [-0.25, -0.2) is 0 Å². The Kier molecular flexibility index (Phi) is 8.15. The van der Waals surface area contributed by atoms with Gasteiger partial charge in [0.2, 0.25) is 0 Å². The predicted molar refractivity (Wildman–Crippen MR) is 144 cm³/mol. The fourth-order valence-electron chi connectivity index (χ4n) is 4.02. The topological polar surface area (TPSA) is 88.9 Å². The molecule has 38 heavy (non-hydrogen) atoms. The van der Waals surface area contributed by atoms with Crippen LogP contribution in [0.3, 0.4) is 0 Å². The molecule has 3 aromatic carbocycles. The van der Waals surface area contributed by atoms with Crippen molar-refractivity contribution in [2.75, 3.05) is 14.2 Å². The molecule has 0 saturated heterocycles. The van der Waals surface area contributed by atoms with Gasteiger partial charge in [-0.1, -0.05) is 48.0 Å². The first kappa shape index (κ1) is 26.5. The molecule has 1 heterocycles. The summed E-state index contributed by atoms with van der Waals surface area (Å²) in [4.78, 5) is 27.5. The Morgan fingerprint density at radius 2 is 1.68 bits per heavy atom. The summed E-state index contributed by atoms with van der Waals surface area (Å²) in [5, 5.41) is 10.3. The van der Waals surface area contributed by atoms with Gasteiger partial charge in [0, 0.05) is 16.2 Å². The van der Waals surface area contributed by atoms with Crippen molar-refractivity contribution in [1.29, 1.82) is 5.26 Å². The Morgan fingerprint density at radius 3 is 2.34 bits per heavy atom. The third kappa shape index (κ3) is 5.56. The molecule has 4 rings (SSSR count). The summed E-state index contributed by atoms with van der Waals surface area (Å²) < 4.78 is 16.6. The standard InChI is InChI=1S/C30H25ClN2O5/c1-19-24(29(34)33(30(35)25(19)16-32)17-20-8-11-23(36-2)12-9-20)14-21-10-13-27(28(15-21)37-3)38-18-22-6-4-5-7-26(22)31/h4-15H,17-18H2,1-3H3/b24-14+. The van der Waals surface area contributed by atoms with E-state index in [9.17, 15) is 14.9 Å². The Labute approximate surface area is 226 Å². The molecule has 1 aliphatic rings. The number of amides is 2. The molecule has 0 spiro atoms. The molecule has 7 nitrogen and oxygen atoms in total. The summed E-state index contributed by atoms with van der Waals surface area (Å²) in [5.41, 5.74) is 2.71. The van der Waals surface area contributed by atoms with E-state index in [1.54, 1.807) is 68.6 Å². The van der Waals surface area contributed by atoms with Crippen LogP contribution in [0.2, 0.25) is 5.02 Å². The van der Waals surface area contributed by atoms with Gasteiger partial charge in [0.25, 0.3) is 11.8 Å². The average Bonchev–Trinajstić information content (AvgIpc) is 2.94. The van der Waals surface area contributed by atoms with Crippen molar-refractivity contribution in [2.24, 2.45) is 0 Å². The van der Waals surface area contributed by atoms with Gasteiger partial charge in [-0.2, -0.15) is 5.26 Å². The van der Waals surface area contributed by atoms with E-state index in [0.717, 1.165) is 16.0 Å². The van der Waals surface area contributed by atoms with Crippen LogP contribution in [0.4, 0.5) is 0 Å². The quantitative estimate of drug-likeness (QED) is 0.274. The smallest absolute Gasteiger partial charge is 0.271 e. The normalized spacial score (nSPS) is 14.5. The van der Waals surface area contributed by atoms with E-state index in [-0.39, 0.29) is 24.3 Å². The van der Waals surface area contributed by atoms with Gasteiger partial charge in [0.15, 0.2) is 11.5 Å². The van der Waals surface area contributed by atoms with Crippen LogP contribution in [-0.2, 0) is 22.7 Å². The molecule has 0 unspecified atom stereocenters. The zero-order chi connectivity index (χ0) is 27.2. The van der Waals surface area contributed by atoms with E-state index < -0.39 is 11.8 Å². The second-order valence-corrected chi connectivity index (χ2v) is 8.91. The second kappa shape index (κ2) is 11.7. The Morgan fingerprint density at radius 1 is 0.947 bits per heavy atom. The highest BCUT2D eigenvalue weighted by Crippen LogP contribution is 2.33. The Hall–Kier alpha value is -4.54. The van der Waals surface area contributed by atoms with Gasteiger partial charge in [-0.3, -0.25) is 14.5 Å². The lowest BCUT2D eigenvalue weighted by Crippen LogP contribution is -2.42. The van der Waals surface area contributed by atoms with Crippen molar-refractivity contribution < 1.29 is 23.8 Å². The highest BCUT2D eigenvalue weighted by molar-refractivity contribution is 6.31. The van der Waals surface area contributed by atoms with Crippen molar-refractivity contribution in [3.8, 4) is 23.3 Å². The SMILES string of the molecule is COc1ccc(CN2C(=O)C(C#N)=C(C)/C(=C\c3ccc(OCc4ccccc4Cl)c(OC)c3)C2=O)cc1. The van der Waals surface area contributed by atoms with Crippen LogP contribution in [-0.4, -0.2) is 30.9 Å². The Bertz CT molecular complexity index is 1490. The van der Waals surface area contributed by atoms with Gasteiger partial charge >= 0.3 is 0 Å². The monoisotopic (exact) mass is 528 g/mol. The van der Waals surface area contributed by atoms with Crippen LogP contribution in [0.15, 0.2) is 83.4 Å². The molecule has 0 radical (unpaired) electrons. The number of imide groups is 1. The fourth-order valence-corrected chi connectivity index (χ4v) is 4.21. The number of halogens is 1. The number of ether oxygens (including phenoxy) is 3. The lowest BCUT2D eigenvalue weighted by molar-refractivity contribution is -0.141. The number of nitriles is 1. The van der Waals surface area contributed by atoms with Crippen molar-refractivity contribution in [2.45, 2.75) is 20.1 Å². The molecular weight excluding hydrogens is 504 g/mol. The predicted octanol–water partition coefficient (Wildman–Crippen LogP) is 5.73. The van der Waals surface area contributed by atoms with Crippen LogP contribution >= 0.6 is 11.6 Å². The zero-order valence-electron chi connectivity index (χ0n) is 21.2. The lowest BCUT2D eigenvalue weighted by atomic mass is 9.93. The Balaban J connectivity index is 1.63. The zero-order valence-corrected chi connectivity index (χ0v) is 21.9. The minimum atomic E-state index is -0.621. The first-order valence-corrected chi connectivity index (χ1v) is 12.1. The van der Waals surface area contributed by atoms with Crippen LogP contribution < -0.4 is 14.2 Å². The third-order valence-corrected chi connectivity index (χ3v) is 6.53. The summed E-state index contributed by atoms with van der Waals surface area (Å²) in [6, 6.07) is 21.6. The van der Waals surface area contributed by atoms with Crippen molar-refractivity contribution in [3.63, 3.8) is 0 Å². The van der Waals surface area contributed by atoms with E-state index in [0.29, 0.717) is 33.4 Å². The number of carbonyl (C=O) groups excluding carboxylic acids is 2. The average molecular weight is 529 g/mol. The van der Waals surface area contributed by atoms with Gasteiger partial charge < -0.3 is 14.2 Å². The van der Waals surface area contributed by atoms with Crippen LogP contribution in [0.5, 0.6) is 17.2 Å². The number of methoxy groups -OCH3 is 2. The molecule has 8 heteroatoms. The van der Waals surface area contributed by atoms with E-state index in [1.807, 2.05) is 24.3 Å². The minimum absolute atomic E-state index is 0.0234. The summed E-state index contributed by atoms with van der Waals surface area (Å²) in [5.74, 6) is 0.519. The second-order valence-electron chi connectivity index (χ2n) is 8.50. The summed E-state index contributed by atoms with van der Waals surface area (Å²) in [6.45, 7) is 1.88. The molecule has 0 N–H and O–H groups in total. The molecule has 2 amide bonds. The van der Waals surface area contributed by atoms with Crippen molar-refractivity contribution >= 4 is 29.5 Å². The van der Waals surface area contributed by atoms with E-state index in [2.05, 4.69) is 0 Å². The maximum absolute atomic E-state index is 13.5. The highest BCUT2D eigenvalue weighted by atomic mass is 35.5. The number of benzene rings is 3. The fraction of sp³-hybridized carbons (Fsp3) is 0.167. The maximum Gasteiger partial charge on any atom is 0.271 e. The van der Waals surface area contributed by atoms with Crippen LogP contribution in [0, 0.1) is 11.3 Å². The minimum Gasteiger partial charge on any atom is -0.497 e. The van der Waals surface area contributed by atoms with Gasteiger partial charge in [-0.15, -0.1) is 0 Å². The van der Waals surface area contributed by atoms with Crippen molar-refractivity contribution in [1.82, 2.24) is 4.90 Å². The largest absolute Gasteiger partial charge is 0.497 e. The first-order chi connectivity index (χ1) is 18.4. The number of rotatable bonds is 8. The molecule has 192 valence electrons. The molecule has 0 aliphatic carbocycles. The molecule has 0 saturated carbocycles. The lowest BCUT2D eigenvalue weighted by Gasteiger charge is -2.27. The van der Waals surface area contributed by atoms with Crippen molar-refractivity contribution in [3.05, 3.63) is 105 Å². The number of hydrogen-bond donors (Lipinski definition) is 0. The van der Waals surface area contributed by atoms with Gasteiger partial charge in [0.05, 0.1) is 20.8 Å². The molecule has 0 bridgehead atoms. The number of hydrogen-bond acceptors (Lipinski definition) is 6. The molecule has 3 aromatic rings. The molecule has 0 atom stereocenters. The van der Waals surface area contributed by atoms with Gasteiger partial charge in [-0.05, 0) is 60.0 Å². The van der Waals surface area contributed by atoms with Crippen LogP contribution in [0.1, 0.15) is 23.6 Å².